The third-order valence-corrected chi connectivity index (χ3v) is 3.23. The largest absolute Gasteiger partial charge is 0.494 e. The fraction of sp³-hybridized carbons (Fsp3) is 0.294. The highest BCUT2D eigenvalue weighted by atomic mass is 19.2. The van der Waals surface area contributed by atoms with Gasteiger partial charge in [0.25, 0.3) is 0 Å². The molecule has 0 spiro atoms. The molecule has 112 valence electrons. The molecule has 2 nitrogen and oxygen atoms in total. The van der Waals surface area contributed by atoms with E-state index in [1.165, 1.54) is 6.07 Å². The fourth-order valence-corrected chi connectivity index (χ4v) is 2.10. The number of benzene rings is 2. The zero-order chi connectivity index (χ0) is 15.2. The van der Waals surface area contributed by atoms with Gasteiger partial charge in [-0.15, -0.1) is 0 Å². The molecule has 0 aliphatic heterocycles. The normalized spacial score (nSPS) is 12.2. The number of aryl methyl sites for hydroxylation is 1. The number of halogens is 2. The smallest absolute Gasteiger partial charge is 0.159 e. The van der Waals surface area contributed by atoms with Crippen LogP contribution in [0, 0.1) is 18.6 Å². The summed E-state index contributed by atoms with van der Waals surface area (Å²) in [4.78, 5) is 0. The molecule has 4 heteroatoms. The van der Waals surface area contributed by atoms with E-state index in [2.05, 4.69) is 0 Å². The van der Waals surface area contributed by atoms with E-state index < -0.39 is 11.6 Å². The van der Waals surface area contributed by atoms with Crippen LogP contribution in [0.2, 0.25) is 0 Å². The van der Waals surface area contributed by atoms with Crippen molar-refractivity contribution >= 4 is 0 Å². The van der Waals surface area contributed by atoms with Crippen molar-refractivity contribution in [3.05, 3.63) is 65.2 Å². The van der Waals surface area contributed by atoms with Crippen LogP contribution in [0.1, 0.15) is 17.5 Å². The molecule has 0 aliphatic carbocycles. The lowest BCUT2D eigenvalue weighted by Crippen LogP contribution is -2.25. The topological polar surface area (TPSA) is 35.2 Å². The van der Waals surface area contributed by atoms with E-state index in [1.54, 1.807) is 6.07 Å². The predicted octanol–water partition coefficient (Wildman–Crippen LogP) is 3.61. The van der Waals surface area contributed by atoms with Gasteiger partial charge in [0.15, 0.2) is 11.6 Å². The van der Waals surface area contributed by atoms with Gasteiger partial charge in [-0.3, -0.25) is 0 Å². The summed E-state index contributed by atoms with van der Waals surface area (Å²) < 4.78 is 31.6. The van der Waals surface area contributed by atoms with E-state index in [1.807, 2.05) is 31.2 Å². The maximum Gasteiger partial charge on any atom is 0.159 e. The Hall–Kier alpha value is -1.94. The molecular formula is C17H19F2NO. The summed E-state index contributed by atoms with van der Waals surface area (Å²) in [5.41, 5.74) is 7.82. The Morgan fingerprint density at radius 2 is 1.90 bits per heavy atom. The summed E-state index contributed by atoms with van der Waals surface area (Å²) in [6.45, 7) is 2.50. The van der Waals surface area contributed by atoms with E-state index in [0.29, 0.717) is 25.0 Å². The minimum atomic E-state index is -0.838. The molecule has 2 rings (SSSR count). The quantitative estimate of drug-likeness (QED) is 0.882. The van der Waals surface area contributed by atoms with Gasteiger partial charge in [-0.25, -0.2) is 8.78 Å². The van der Waals surface area contributed by atoms with Crippen LogP contribution in [-0.4, -0.2) is 12.6 Å². The highest BCUT2D eigenvalue weighted by Crippen LogP contribution is 2.14. The Balaban J connectivity index is 1.79. The van der Waals surface area contributed by atoms with Crippen molar-refractivity contribution < 1.29 is 13.5 Å². The van der Waals surface area contributed by atoms with E-state index in [-0.39, 0.29) is 6.04 Å². The van der Waals surface area contributed by atoms with Crippen LogP contribution in [0.25, 0.3) is 0 Å². The lowest BCUT2D eigenvalue weighted by Gasteiger charge is -2.13. The van der Waals surface area contributed by atoms with E-state index in [4.69, 9.17) is 10.5 Å². The maximum absolute atomic E-state index is 13.1. The first kappa shape index (κ1) is 15.4. The molecule has 0 aliphatic rings. The van der Waals surface area contributed by atoms with Crippen molar-refractivity contribution in [2.24, 2.45) is 5.73 Å². The van der Waals surface area contributed by atoms with Crippen LogP contribution in [0.5, 0.6) is 5.75 Å². The molecule has 21 heavy (non-hydrogen) atoms. The van der Waals surface area contributed by atoms with Crippen molar-refractivity contribution in [1.29, 1.82) is 0 Å². The van der Waals surface area contributed by atoms with E-state index >= 15 is 0 Å². The van der Waals surface area contributed by atoms with Gasteiger partial charge in [0.05, 0.1) is 6.61 Å². The summed E-state index contributed by atoms with van der Waals surface area (Å²) in [6.07, 6.45) is 1.14. The number of ether oxygens (including phenoxy) is 1. The van der Waals surface area contributed by atoms with Gasteiger partial charge < -0.3 is 10.5 Å². The summed E-state index contributed by atoms with van der Waals surface area (Å²) in [5, 5.41) is 0. The molecule has 2 aromatic carbocycles. The van der Waals surface area contributed by atoms with Gasteiger partial charge in [0.2, 0.25) is 0 Å². The lowest BCUT2D eigenvalue weighted by molar-refractivity contribution is 0.297. The van der Waals surface area contributed by atoms with Gasteiger partial charge in [-0.05, 0) is 55.2 Å². The first-order valence-corrected chi connectivity index (χ1v) is 6.93. The number of nitrogens with two attached hydrogens (primary N) is 1. The first-order valence-electron chi connectivity index (χ1n) is 6.93. The molecule has 0 radical (unpaired) electrons. The molecule has 0 bridgehead atoms. The second-order valence-electron chi connectivity index (χ2n) is 5.17. The molecule has 1 unspecified atom stereocenters. The second-order valence-corrected chi connectivity index (χ2v) is 5.17. The van der Waals surface area contributed by atoms with E-state index in [0.717, 1.165) is 17.4 Å². The van der Waals surface area contributed by atoms with E-state index in [9.17, 15) is 8.78 Å². The lowest BCUT2D eigenvalue weighted by atomic mass is 10.0. The zero-order valence-corrected chi connectivity index (χ0v) is 12.0. The Labute approximate surface area is 123 Å². The summed E-state index contributed by atoms with van der Waals surface area (Å²) in [6, 6.07) is 11.5. The molecule has 0 amide bonds. The standard InChI is InChI=1S/C17H19F2NO/c1-12-3-2-4-15(9-12)21-8-7-14(20)10-13-5-6-16(18)17(19)11-13/h2-6,9,11,14H,7-8,10,20H2,1H3. The highest BCUT2D eigenvalue weighted by molar-refractivity contribution is 5.27. The van der Waals surface area contributed by atoms with Crippen molar-refractivity contribution in [2.45, 2.75) is 25.8 Å². The zero-order valence-electron chi connectivity index (χ0n) is 12.0. The minimum Gasteiger partial charge on any atom is -0.494 e. The molecule has 0 saturated heterocycles. The number of rotatable bonds is 6. The van der Waals surface area contributed by atoms with Crippen molar-refractivity contribution in [1.82, 2.24) is 0 Å². The molecule has 0 heterocycles. The molecule has 1 atom stereocenters. The first-order chi connectivity index (χ1) is 10.0. The van der Waals surface area contributed by atoms with Crippen molar-refractivity contribution in [3.63, 3.8) is 0 Å². The summed E-state index contributed by atoms with van der Waals surface area (Å²) in [5.74, 6) is -0.860. The number of hydrogen-bond acceptors (Lipinski definition) is 2. The SMILES string of the molecule is Cc1cccc(OCCC(N)Cc2ccc(F)c(F)c2)c1. The van der Waals surface area contributed by atoms with Gasteiger partial charge >= 0.3 is 0 Å². The Bertz CT molecular complexity index is 601. The molecular weight excluding hydrogens is 272 g/mol. The van der Waals surface area contributed by atoms with Gasteiger partial charge in [0.1, 0.15) is 5.75 Å². The van der Waals surface area contributed by atoms with Crippen LogP contribution in [0.3, 0.4) is 0 Å². The average molecular weight is 291 g/mol. The fourth-order valence-electron chi connectivity index (χ4n) is 2.10. The average Bonchev–Trinajstić information content (AvgIpc) is 2.43. The second kappa shape index (κ2) is 7.18. The Morgan fingerprint density at radius 3 is 2.62 bits per heavy atom. The van der Waals surface area contributed by atoms with Crippen LogP contribution >= 0.6 is 0 Å². The molecule has 0 fully saturated rings. The van der Waals surface area contributed by atoms with Crippen LogP contribution < -0.4 is 10.5 Å². The monoisotopic (exact) mass is 291 g/mol. The maximum atomic E-state index is 13.1. The predicted molar refractivity (Wildman–Crippen MR) is 79.3 cm³/mol. The molecule has 0 aromatic heterocycles. The molecule has 2 aromatic rings. The van der Waals surface area contributed by atoms with Gasteiger partial charge in [0, 0.05) is 6.04 Å². The van der Waals surface area contributed by atoms with Crippen LogP contribution in [-0.2, 0) is 6.42 Å². The highest BCUT2D eigenvalue weighted by Gasteiger charge is 2.08. The van der Waals surface area contributed by atoms with Gasteiger partial charge in [-0.2, -0.15) is 0 Å². The third kappa shape index (κ3) is 4.83. The van der Waals surface area contributed by atoms with Crippen molar-refractivity contribution in [2.75, 3.05) is 6.61 Å². The minimum absolute atomic E-state index is 0.153. The molecule has 0 saturated carbocycles. The third-order valence-electron chi connectivity index (χ3n) is 3.23. The van der Waals surface area contributed by atoms with Crippen LogP contribution in [0.4, 0.5) is 8.78 Å². The summed E-state index contributed by atoms with van der Waals surface area (Å²) in [7, 11) is 0. The van der Waals surface area contributed by atoms with Crippen molar-refractivity contribution in [3.8, 4) is 5.75 Å². The summed E-state index contributed by atoms with van der Waals surface area (Å²) >= 11 is 0. The van der Waals surface area contributed by atoms with Crippen LogP contribution in [0.15, 0.2) is 42.5 Å². The Kier molecular flexibility index (Phi) is 5.28. The molecule has 2 N–H and O–H groups in total. The van der Waals surface area contributed by atoms with Gasteiger partial charge in [-0.1, -0.05) is 18.2 Å². The number of hydrogen-bond donors (Lipinski definition) is 1. The Morgan fingerprint density at radius 1 is 1.10 bits per heavy atom.